The van der Waals surface area contributed by atoms with E-state index in [0.717, 1.165) is 17.0 Å². The molecule has 3 rings (SSSR count). The van der Waals surface area contributed by atoms with Crippen LogP contribution >= 0.6 is 11.6 Å². The third kappa shape index (κ3) is 4.78. The van der Waals surface area contributed by atoms with Gasteiger partial charge in [-0.05, 0) is 55.0 Å². The lowest BCUT2D eigenvalue weighted by Gasteiger charge is -2.07. The van der Waals surface area contributed by atoms with Gasteiger partial charge in [-0.1, -0.05) is 17.7 Å². The molecule has 126 valence electrons. The van der Waals surface area contributed by atoms with Crippen molar-refractivity contribution in [2.45, 2.75) is 12.8 Å². The van der Waals surface area contributed by atoms with Crippen LogP contribution in [0.25, 0.3) is 11.3 Å². The van der Waals surface area contributed by atoms with Gasteiger partial charge in [0.15, 0.2) is 0 Å². The summed E-state index contributed by atoms with van der Waals surface area (Å²) in [6.07, 6.45) is 2.40. The van der Waals surface area contributed by atoms with Gasteiger partial charge in [0, 0.05) is 17.7 Å². The third-order valence-electron chi connectivity index (χ3n) is 3.52. The van der Waals surface area contributed by atoms with Gasteiger partial charge in [-0.2, -0.15) is 0 Å². The number of carbonyl (C=O) groups is 1. The highest BCUT2D eigenvalue weighted by atomic mass is 35.5. The number of pyridine rings is 2. The molecule has 2 heterocycles. The van der Waals surface area contributed by atoms with E-state index in [1.54, 1.807) is 18.3 Å². The zero-order valence-electron chi connectivity index (χ0n) is 13.4. The number of amides is 1. The molecule has 0 aliphatic heterocycles. The lowest BCUT2D eigenvalue weighted by molar-refractivity contribution is -0.118. The number of hydrogen-bond donors (Lipinski definition) is 1. The minimum atomic E-state index is -0.328. The van der Waals surface area contributed by atoms with Crippen LogP contribution in [0.3, 0.4) is 0 Å². The number of rotatable bonds is 6. The lowest BCUT2D eigenvalue weighted by atomic mass is 10.1. The molecule has 6 heteroatoms. The Morgan fingerprint density at radius 1 is 1.04 bits per heavy atom. The first-order valence-corrected chi connectivity index (χ1v) is 8.12. The van der Waals surface area contributed by atoms with Gasteiger partial charge in [-0.3, -0.25) is 9.78 Å². The molecule has 0 atom stereocenters. The molecule has 25 heavy (non-hydrogen) atoms. The summed E-state index contributed by atoms with van der Waals surface area (Å²) >= 11 is 5.76. The highest BCUT2D eigenvalue weighted by Gasteiger charge is 2.04. The molecule has 5 nitrogen and oxygen atoms in total. The summed E-state index contributed by atoms with van der Waals surface area (Å²) in [4.78, 5) is 19.4. The molecule has 0 fully saturated rings. The van der Waals surface area contributed by atoms with Gasteiger partial charge >= 0.3 is 0 Å². The second-order valence-corrected chi connectivity index (χ2v) is 5.81. The van der Waals surface area contributed by atoms with Gasteiger partial charge in [0.25, 0.3) is 0 Å². The van der Waals surface area contributed by atoms with E-state index in [2.05, 4.69) is 9.97 Å². The van der Waals surface area contributed by atoms with Crippen LogP contribution in [0.4, 0.5) is 0 Å². The Labute approximate surface area is 150 Å². The van der Waals surface area contributed by atoms with E-state index in [1.807, 2.05) is 42.5 Å². The van der Waals surface area contributed by atoms with Gasteiger partial charge in [-0.25, -0.2) is 4.98 Å². The fraction of sp³-hybridized carbons (Fsp3) is 0.105. The zero-order valence-corrected chi connectivity index (χ0v) is 14.1. The summed E-state index contributed by atoms with van der Waals surface area (Å²) in [6, 6.07) is 16.7. The number of aryl methyl sites for hydroxylation is 1. The molecule has 0 unspecified atom stereocenters. The Morgan fingerprint density at radius 2 is 1.80 bits per heavy atom. The van der Waals surface area contributed by atoms with Crippen LogP contribution < -0.4 is 10.5 Å². The number of ether oxygens (including phenoxy) is 1. The maximum absolute atomic E-state index is 10.9. The van der Waals surface area contributed by atoms with Crippen LogP contribution in [0.5, 0.6) is 11.5 Å². The van der Waals surface area contributed by atoms with Gasteiger partial charge in [0.1, 0.15) is 16.7 Å². The predicted molar refractivity (Wildman–Crippen MR) is 96.5 cm³/mol. The molecule has 0 saturated carbocycles. The maximum Gasteiger partial charge on any atom is 0.217 e. The molecule has 0 saturated heterocycles. The van der Waals surface area contributed by atoms with E-state index >= 15 is 0 Å². The minimum absolute atomic E-state index is 0.290. The van der Waals surface area contributed by atoms with Crippen molar-refractivity contribution in [3.8, 4) is 22.8 Å². The summed E-state index contributed by atoms with van der Waals surface area (Å²) in [7, 11) is 0. The van der Waals surface area contributed by atoms with Crippen LogP contribution in [0.15, 0.2) is 60.8 Å². The average molecular weight is 354 g/mol. The van der Waals surface area contributed by atoms with Crippen LogP contribution in [-0.4, -0.2) is 15.9 Å². The first-order chi connectivity index (χ1) is 12.1. The van der Waals surface area contributed by atoms with Crippen molar-refractivity contribution in [2.24, 2.45) is 5.73 Å². The SMILES string of the molecule is NC(=O)CCc1cccc(-c2ccc(Oc3ccc(Cl)nc3)cc2)n1. The van der Waals surface area contributed by atoms with Crippen LogP contribution in [0.1, 0.15) is 12.1 Å². The predicted octanol–water partition coefficient (Wildman–Crippen LogP) is 4.01. The molecule has 0 radical (unpaired) electrons. The number of halogens is 1. The Kier molecular flexibility index (Phi) is 5.26. The monoisotopic (exact) mass is 353 g/mol. The van der Waals surface area contributed by atoms with E-state index in [0.29, 0.717) is 29.5 Å². The topological polar surface area (TPSA) is 78.1 Å². The Balaban J connectivity index is 1.72. The first kappa shape index (κ1) is 16.9. The molecule has 2 aromatic heterocycles. The second-order valence-electron chi connectivity index (χ2n) is 5.42. The number of nitrogens with zero attached hydrogens (tertiary/aromatic N) is 2. The number of hydrogen-bond acceptors (Lipinski definition) is 4. The Hall–Kier alpha value is -2.92. The zero-order chi connectivity index (χ0) is 17.6. The highest BCUT2D eigenvalue weighted by Crippen LogP contribution is 2.25. The summed E-state index contributed by atoms with van der Waals surface area (Å²) in [6.45, 7) is 0. The molecule has 2 N–H and O–H groups in total. The Morgan fingerprint density at radius 3 is 2.48 bits per heavy atom. The number of carbonyl (C=O) groups excluding carboxylic acids is 1. The summed E-state index contributed by atoms with van der Waals surface area (Å²) < 4.78 is 5.72. The first-order valence-electron chi connectivity index (χ1n) is 7.74. The number of primary amides is 1. The van der Waals surface area contributed by atoms with Gasteiger partial charge in [0.05, 0.1) is 11.9 Å². The number of nitrogens with two attached hydrogens (primary N) is 1. The molecule has 1 aromatic carbocycles. The Bertz CT molecular complexity index is 865. The summed E-state index contributed by atoms with van der Waals surface area (Å²) in [5.74, 6) is 0.979. The number of benzene rings is 1. The van der Waals surface area contributed by atoms with Crippen molar-refractivity contribution >= 4 is 17.5 Å². The van der Waals surface area contributed by atoms with E-state index < -0.39 is 0 Å². The molecular formula is C19H16ClN3O2. The minimum Gasteiger partial charge on any atom is -0.456 e. The molecule has 0 bridgehead atoms. The lowest BCUT2D eigenvalue weighted by Crippen LogP contribution is -2.11. The normalized spacial score (nSPS) is 10.4. The van der Waals surface area contributed by atoms with Crippen molar-refractivity contribution < 1.29 is 9.53 Å². The van der Waals surface area contributed by atoms with E-state index in [4.69, 9.17) is 22.1 Å². The van der Waals surface area contributed by atoms with E-state index in [1.165, 1.54) is 0 Å². The maximum atomic E-state index is 10.9. The van der Waals surface area contributed by atoms with Crippen molar-refractivity contribution in [3.63, 3.8) is 0 Å². The highest BCUT2D eigenvalue weighted by molar-refractivity contribution is 6.29. The van der Waals surface area contributed by atoms with Crippen LogP contribution in [-0.2, 0) is 11.2 Å². The van der Waals surface area contributed by atoms with Gasteiger partial charge in [0.2, 0.25) is 5.91 Å². The average Bonchev–Trinajstić information content (AvgIpc) is 2.63. The second kappa shape index (κ2) is 7.77. The molecule has 1 amide bonds. The quantitative estimate of drug-likeness (QED) is 0.679. The van der Waals surface area contributed by atoms with Gasteiger partial charge in [-0.15, -0.1) is 0 Å². The van der Waals surface area contributed by atoms with E-state index in [-0.39, 0.29) is 5.91 Å². The fourth-order valence-corrected chi connectivity index (χ4v) is 2.40. The molecule has 0 aliphatic rings. The fourth-order valence-electron chi connectivity index (χ4n) is 2.28. The standard InChI is InChI=1S/C19H16ClN3O2/c20-18-10-9-16(12-22-18)25-15-7-4-13(5-8-15)17-3-1-2-14(23-17)6-11-19(21)24/h1-5,7-10,12H,6,11H2,(H2,21,24). The van der Waals surface area contributed by atoms with Crippen molar-refractivity contribution in [3.05, 3.63) is 71.6 Å². The van der Waals surface area contributed by atoms with Crippen molar-refractivity contribution in [1.82, 2.24) is 9.97 Å². The largest absolute Gasteiger partial charge is 0.456 e. The van der Waals surface area contributed by atoms with Crippen molar-refractivity contribution in [2.75, 3.05) is 0 Å². The third-order valence-corrected chi connectivity index (χ3v) is 3.74. The molecular weight excluding hydrogens is 338 g/mol. The number of aromatic nitrogens is 2. The summed E-state index contributed by atoms with van der Waals surface area (Å²) in [5, 5.41) is 0.421. The molecule has 3 aromatic rings. The molecule has 0 aliphatic carbocycles. The van der Waals surface area contributed by atoms with Crippen LogP contribution in [0, 0.1) is 0 Å². The smallest absolute Gasteiger partial charge is 0.217 e. The van der Waals surface area contributed by atoms with Gasteiger partial charge < -0.3 is 10.5 Å². The van der Waals surface area contributed by atoms with Crippen molar-refractivity contribution in [1.29, 1.82) is 0 Å². The van der Waals surface area contributed by atoms with E-state index in [9.17, 15) is 4.79 Å². The molecule has 0 spiro atoms. The summed E-state index contributed by atoms with van der Waals surface area (Å²) in [5.41, 5.74) is 7.82. The van der Waals surface area contributed by atoms with Crippen LogP contribution in [0.2, 0.25) is 5.15 Å².